The van der Waals surface area contributed by atoms with Gasteiger partial charge in [0.2, 0.25) is 0 Å². The van der Waals surface area contributed by atoms with Gasteiger partial charge in [0.1, 0.15) is 13.2 Å². The summed E-state index contributed by atoms with van der Waals surface area (Å²) < 4.78 is 11.1. The Morgan fingerprint density at radius 3 is 2.78 bits per heavy atom. The molecular weight excluding hydrogens is 248 g/mol. The van der Waals surface area contributed by atoms with E-state index >= 15 is 0 Å². The van der Waals surface area contributed by atoms with Gasteiger partial charge in [-0.3, -0.25) is 0 Å². The monoisotopic (exact) mass is 266 g/mol. The minimum absolute atomic E-state index is 0.132. The topological polar surface area (TPSA) is 42.5 Å². The molecule has 0 amide bonds. The van der Waals surface area contributed by atoms with Gasteiger partial charge >= 0.3 is 0 Å². The van der Waals surface area contributed by atoms with Crippen LogP contribution in [0.1, 0.15) is 25.5 Å². The molecule has 5 heteroatoms. The van der Waals surface area contributed by atoms with Crippen LogP contribution in [0.15, 0.2) is 18.2 Å². The third kappa shape index (κ3) is 3.04. The molecule has 0 aliphatic carbocycles. The SMILES string of the molecule is CCNC(=S)N[C@@H](C)c1ccc2c(c1)OCCO2. The van der Waals surface area contributed by atoms with Gasteiger partial charge in [-0.15, -0.1) is 0 Å². The van der Waals surface area contributed by atoms with Crippen LogP contribution in [0.4, 0.5) is 0 Å². The third-order valence-corrected chi connectivity index (χ3v) is 3.01. The Morgan fingerprint density at radius 1 is 1.33 bits per heavy atom. The Labute approximate surface area is 113 Å². The van der Waals surface area contributed by atoms with Crippen molar-refractivity contribution in [1.29, 1.82) is 0 Å². The summed E-state index contributed by atoms with van der Waals surface area (Å²) in [4.78, 5) is 0. The van der Waals surface area contributed by atoms with E-state index in [2.05, 4.69) is 17.6 Å². The highest BCUT2D eigenvalue weighted by molar-refractivity contribution is 7.80. The normalized spacial score (nSPS) is 14.8. The van der Waals surface area contributed by atoms with Gasteiger partial charge in [0.05, 0.1) is 6.04 Å². The fourth-order valence-electron chi connectivity index (χ4n) is 1.82. The molecule has 4 nitrogen and oxygen atoms in total. The molecule has 1 aromatic carbocycles. The molecule has 1 aromatic rings. The molecule has 98 valence electrons. The van der Waals surface area contributed by atoms with Crippen molar-refractivity contribution < 1.29 is 9.47 Å². The van der Waals surface area contributed by atoms with E-state index in [0.29, 0.717) is 18.3 Å². The summed E-state index contributed by atoms with van der Waals surface area (Å²) in [6.07, 6.45) is 0. The number of fused-ring (bicyclic) bond motifs is 1. The maximum atomic E-state index is 5.57. The molecule has 2 N–H and O–H groups in total. The van der Waals surface area contributed by atoms with E-state index in [0.717, 1.165) is 23.6 Å². The van der Waals surface area contributed by atoms with Gasteiger partial charge in [-0.2, -0.15) is 0 Å². The summed E-state index contributed by atoms with van der Waals surface area (Å²) in [6.45, 7) is 6.12. The molecule has 0 unspecified atom stereocenters. The van der Waals surface area contributed by atoms with E-state index in [1.807, 2.05) is 25.1 Å². The summed E-state index contributed by atoms with van der Waals surface area (Å²) in [6, 6.07) is 6.10. The van der Waals surface area contributed by atoms with Gasteiger partial charge in [-0.1, -0.05) is 6.07 Å². The Kier molecular flexibility index (Phi) is 4.25. The van der Waals surface area contributed by atoms with Crippen LogP contribution in [-0.2, 0) is 0 Å². The number of hydrogen-bond donors (Lipinski definition) is 2. The maximum absolute atomic E-state index is 5.57. The lowest BCUT2D eigenvalue weighted by Crippen LogP contribution is -2.36. The Hall–Kier alpha value is -1.49. The van der Waals surface area contributed by atoms with E-state index < -0.39 is 0 Å². The minimum Gasteiger partial charge on any atom is -0.486 e. The van der Waals surface area contributed by atoms with Gasteiger partial charge < -0.3 is 20.1 Å². The highest BCUT2D eigenvalue weighted by atomic mass is 32.1. The molecule has 0 saturated carbocycles. The van der Waals surface area contributed by atoms with Crippen LogP contribution in [-0.4, -0.2) is 24.9 Å². The Morgan fingerprint density at radius 2 is 2.06 bits per heavy atom. The lowest BCUT2D eigenvalue weighted by molar-refractivity contribution is 0.171. The first-order valence-electron chi connectivity index (χ1n) is 6.14. The standard InChI is InChI=1S/C13H18N2O2S/c1-3-14-13(18)15-9(2)10-4-5-11-12(8-10)17-7-6-16-11/h4-5,8-9H,3,6-7H2,1-2H3,(H2,14,15,18)/t9-/m0/s1. The van der Waals surface area contributed by atoms with Gasteiger partial charge in [0, 0.05) is 6.54 Å². The molecule has 2 rings (SSSR count). The van der Waals surface area contributed by atoms with Gasteiger partial charge in [-0.05, 0) is 43.8 Å². The number of benzene rings is 1. The van der Waals surface area contributed by atoms with E-state index in [9.17, 15) is 0 Å². The van der Waals surface area contributed by atoms with Crippen molar-refractivity contribution in [2.24, 2.45) is 0 Å². The molecular formula is C13H18N2O2S. The minimum atomic E-state index is 0.132. The summed E-state index contributed by atoms with van der Waals surface area (Å²) in [5.41, 5.74) is 1.12. The molecule has 0 spiro atoms. The predicted octanol–water partition coefficient (Wildman–Crippen LogP) is 2.00. The second-order valence-corrected chi connectivity index (χ2v) is 4.54. The zero-order valence-electron chi connectivity index (χ0n) is 10.7. The number of thiocarbonyl (C=S) groups is 1. The number of ether oxygens (including phenoxy) is 2. The third-order valence-electron chi connectivity index (χ3n) is 2.75. The average molecular weight is 266 g/mol. The fourth-order valence-corrected chi connectivity index (χ4v) is 2.14. The van der Waals surface area contributed by atoms with Crippen molar-refractivity contribution in [1.82, 2.24) is 10.6 Å². The number of hydrogen-bond acceptors (Lipinski definition) is 3. The van der Waals surface area contributed by atoms with Crippen molar-refractivity contribution in [3.05, 3.63) is 23.8 Å². The van der Waals surface area contributed by atoms with Crippen LogP contribution < -0.4 is 20.1 Å². The highest BCUT2D eigenvalue weighted by Crippen LogP contribution is 2.32. The molecule has 0 saturated heterocycles. The van der Waals surface area contributed by atoms with Crippen LogP contribution in [0.25, 0.3) is 0 Å². The average Bonchev–Trinajstić information content (AvgIpc) is 2.38. The zero-order chi connectivity index (χ0) is 13.0. The van der Waals surface area contributed by atoms with Crippen molar-refractivity contribution in [3.8, 4) is 11.5 Å². The molecule has 0 radical (unpaired) electrons. The second kappa shape index (κ2) is 5.91. The van der Waals surface area contributed by atoms with Crippen LogP contribution in [0, 0.1) is 0 Å². The Balaban J connectivity index is 2.06. The van der Waals surface area contributed by atoms with E-state index in [1.54, 1.807) is 0 Å². The van der Waals surface area contributed by atoms with Crippen molar-refractivity contribution in [3.63, 3.8) is 0 Å². The van der Waals surface area contributed by atoms with Crippen LogP contribution in [0.3, 0.4) is 0 Å². The quantitative estimate of drug-likeness (QED) is 0.819. The number of rotatable bonds is 3. The molecule has 18 heavy (non-hydrogen) atoms. The lowest BCUT2D eigenvalue weighted by atomic mass is 10.1. The zero-order valence-corrected chi connectivity index (χ0v) is 11.5. The number of nitrogens with one attached hydrogen (secondary N) is 2. The van der Waals surface area contributed by atoms with E-state index in [-0.39, 0.29) is 6.04 Å². The molecule has 1 heterocycles. The second-order valence-electron chi connectivity index (χ2n) is 4.13. The molecule has 1 atom stereocenters. The molecule has 0 bridgehead atoms. The Bertz CT molecular complexity index is 437. The van der Waals surface area contributed by atoms with Crippen molar-refractivity contribution in [2.75, 3.05) is 19.8 Å². The smallest absolute Gasteiger partial charge is 0.166 e. The molecule has 1 aliphatic heterocycles. The molecule has 0 fully saturated rings. The first-order chi connectivity index (χ1) is 8.70. The first kappa shape index (κ1) is 13.0. The maximum Gasteiger partial charge on any atom is 0.166 e. The predicted molar refractivity (Wildman–Crippen MR) is 75.3 cm³/mol. The summed E-state index contributed by atoms with van der Waals surface area (Å²) in [5, 5.41) is 6.97. The summed E-state index contributed by atoms with van der Waals surface area (Å²) >= 11 is 5.17. The summed E-state index contributed by atoms with van der Waals surface area (Å²) in [7, 11) is 0. The van der Waals surface area contributed by atoms with Crippen molar-refractivity contribution >= 4 is 17.3 Å². The van der Waals surface area contributed by atoms with Crippen molar-refractivity contribution in [2.45, 2.75) is 19.9 Å². The highest BCUT2D eigenvalue weighted by Gasteiger charge is 2.14. The first-order valence-corrected chi connectivity index (χ1v) is 6.55. The summed E-state index contributed by atoms with van der Waals surface area (Å²) in [5.74, 6) is 1.62. The fraction of sp³-hybridized carbons (Fsp3) is 0.462. The van der Waals surface area contributed by atoms with Crippen LogP contribution in [0.2, 0.25) is 0 Å². The van der Waals surface area contributed by atoms with Gasteiger partial charge in [0.25, 0.3) is 0 Å². The van der Waals surface area contributed by atoms with E-state index in [1.165, 1.54) is 0 Å². The van der Waals surface area contributed by atoms with Crippen LogP contribution in [0.5, 0.6) is 11.5 Å². The van der Waals surface area contributed by atoms with Gasteiger partial charge in [-0.25, -0.2) is 0 Å². The molecule has 0 aromatic heterocycles. The molecule has 1 aliphatic rings. The van der Waals surface area contributed by atoms with E-state index in [4.69, 9.17) is 21.7 Å². The van der Waals surface area contributed by atoms with Crippen LogP contribution >= 0.6 is 12.2 Å². The largest absolute Gasteiger partial charge is 0.486 e. The lowest BCUT2D eigenvalue weighted by Gasteiger charge is -2.21. The van der Waals surface area contributed by atoms with Gasteiger partial charge in [0.15, 0.2) is 16.6 Å².